The molecule has 0 aliphatic rings. The highest BCUT2D eigenvalue weighted by Gasteiger charge is 2.15. The van der Waals surface area contributed by atoms with Crippen molar-refractivity contribution in [3.63, 3.8) is 0 Å². The molecule has 3 aromatic carbocycles. The molecular formula is C25H20F2N2O3. The average molecular weight is 434 g/mol. The molecular weight excluding hydrogens is 414 g/mol. The molecule has 5 nitrogen and oxygen atoms in total. The summed E-state index contributed by atoms with van der Waals surface area (Å²) in [5.41, 5.74) is 1.39. The van der Waals surface area contributed by atoms with Gasteiger partial charge in [-0.25, -0.2) is 18.6 Å². The Labute approximate surface area is 183 Å². The van der Waals surface area contributed by atoms with Crippen molar-refractivity contribution in [3.05, 3.63) is 95.7 Å². The molecule has 0 saturated heterocycles. The van der Waals surface area contributed by atoms with Gasteiger partial charge in [-0.3, -0.25) is 0 Å². The first-order valence-electron chi connectivity index (χ1n) is 9.91. The molecule has 32 heavy (non-hydrogen) atoms. The number of esters is 1. The van der Waals surface area contributed by atoms with Crippen LogP contribution in [0, 0.1) is 11.6 Å². The van der Waals surface area contributed by atoms with E-state index < -0.39 is 17.6 Å². The number of fused-ring (bicyclic) bond motifs is 1. The van der Waals surface area contributed by atoms with Gasteiger partial charge in [-0.1, -0.05) is 24.3 Å². The van der Waals surface area contributed by atoms with E-state index >= 15 is 0 Å². The Morgan fingerprint density at radius 2 is 1.78 bits per heavy atom. The zero-order chi connectivity index (χ0) is 22.7. The second-order valence-electron chi connectivity index (χ2n) is 7.17. The Kier molecular flexibility index (Phi) is 5.98. The monoisotopic (exact) mass is 434 g/mol. The van der Waals surface area contributed by atoms with Gasteiger partial charge < -0.3 is 14.8 Å². The van der Waals surface area contributed by atoms with Crippen molar-refractivity contribution >= 4 is 22.6 Å². The number of anilines is 1. The lowest BCUT2D eigenvalue weighted by Gasteiger charge is -2.18. The van der Waals surface area contributed by atoms with Crippen molar-refractivity contribution in [2.45, 2.75) is 13.0 Å². The number of halogens is 2. The van der Waals surface area contributed by atoms with Crippen LogP contribution < -0.4 is 10.1 Å². The number of ether oxygens (including phenoxy) is 2. The van der Waals surface area contributed by atoms with Gasteiger partial charge in [0.15, 0.2) is 11.6 Å². The second kappa shape index (κ2) is 9.01. The van der Waals surface area contributed by atoms with Gasteiger partial charge in [0.25, 0.3) is 0 Å². The first kappa shape index (κ1) is 21.2. The fourth-order valence-electron chi connectivity index (χ4n) is 3.38. The Balaban J connectivity index is 1.66. The highest BCUT2D eigenvalue weighted by atomic mass is 19.1. The van der Waals surface area contributed by atoms with Crippen molar-refractivity contribution in [2.24, 2.45) is 0 Å². The minimum Gasteiger partial charge on any atom is -0.465 e. The Hall–Kier alpha value is -4.00. The normalized spacial score (nSPS) is 11.8. The lowest BCUT2D eigenvalue weighted by Crippen LogP contribution is -2.09. The van der Waals surface area contributed by atoms with Gasteiger partial charge in [-0.05, 0) is 54.3 Å². The van der Waals surface area contributed by atoms with E-state index in [1.807, 2.05) is 31.2 Å². The Morgan fingerprint density at radius 1 is 1.00 bits per heavy atom. The molecule has 0 radical (unpaired) electrons. The maximum Gasteiger partial charge on any atom is 0.337 e. The van der Waals surface area contributed by atoms with Gasteiger partial charge in [-0.2, -0.15) is 0 Å². The molecule has 0 saturated carbocycles. The fraction of sp³-hybridized carbons (Fsp3) is 0.120. The summed E-state index contributed by atoms with van der Waals surface area (Å²) in [5, 5.41) is 4.86. The van der Waals surface area contributed by atoms with E-state index in [1.54, 1.807) is 30.5 Å². The summed E-state index contributed by atoms with van der Waals surface area (Å²) in [4.78, 5) is 16.1. The van der Waals surface area contributed by atoms with Gasteiger partial charge >= 0.3 is 5.97 Å². The summed E-state index contributed by atoms with van der Waals surface area (Å²) in [7, 11) is 1.34. The van der Waals surface area contributed by atoms with Gasteiger partial charge in [0, 0.05) is 18.3 Å². The fourth-order valence-corrected chi connectivity index (χ4v) is 3.38. The molecule has 4 aromatic rings. The van der Waals surface area contributed by atoms with E-state index in [9.17, 15) is 13.6 Å². The van der Waals surface area contributed by atoms with E-state index in [-0.39, 0.29) is 11.8 Å². The molecule has 4 rings (SSSR count). The van der Waals surface area contributed by atoms with Gasteiger partial charge in [0.2, 0.25) is 0 Å². The molecule has 1 heterocycles. The van der Waals surface area contributed by atoms with Crippen molar-refractivity contribution in [1.29, 1.82) is 0 Å². The molecule has 1 atom stereocenters. The number of benzene rings is 3. The van der Waals surface area contributed by atoms with E-state index in [0.29, 0.717) is 22.5 Å². The zero-order valence-corrected chi connectivity index (χ0v) is 17.4. The summed E-state index contributed by atoms with van der Waals surface area (Å²) in [5.74, 6) is -1.02. The van der Waals surface area contributed by atoms with Crippen LogP contribution in [0.4, 0.5) is 14.6 Å². The van der Waals surface area contributed by atoms with E-state index in [0.717, 1.165) is 23.1 Å². The molecule has 0 amide bonds. The molecule has 0 bridgehead atoms. The summed E-state index contributed by atoms with van der Waals surface area (Å²) in [6.07, 6.45) is 1.67. The maximum atomic E-state index is 14.2. The number of rotatable bonds is 6. The number of nitrogens with zero attached hydrogens (tertiary/aromatic N) is 1. The van der Waals surface area contributed by atoms with Crippen LogP contribution >= 0.6 is 0 Å². The molecule has 1 aromatic heterocycles. The lowest BCUT2D eigenvalue weighted by atomic mass is 10.1. The Morgan fingerprint density at radius 3 is 2.50 bits per heavy atom. The topological polar surface area (TPSA) is 60.5 Å². The molecule has 0 aliphatic carbocycles. The van der Waals surface area contributed by atoms with Crippen LogP contribution in [-0.2, 0) is 4.74 Å². The van der Waals surface area contributed by atoms with Crippen molar-refractivity contribution in [2.75, 3.05) is 12.4 Å². The second-order valence-corrected chi connectivity index (χ2v) is 7.17. The summed E-state index contributed by atoms with van der Waals surface area (Å²) >= 11 is 0. The summed E-state index contributed by atoms with van der Waals surface area (Å²) < 4.78 is 37.9. The smallest absolute Gasteiger partial charge is 0.337 e. The van der Waals surface area contributed by atoms with E-state index in [4.69, 9.17) is 9.47 Å². The quantitative estimate of drug-likeness (QED) is 0.363. The first-order chi connectivity index (χ1) is 15.5. The molecule has 0 fully saturated rings. The van der Waals surface area contributed by atoms with Crippen LogP contribution in [0.1, 0.15) is 28.9 Å². The number of nitrogens with one attached hydrogen (secondary N) is 1. The Bertz CT molecular complexity index is 1270. The van der Waals surface area contributed by atoms with Gasteiger partial charge in [0.05, 0.1) is 18.1 Å². The standard InChI is InChI=1S/C25H20F2N2O3/c1-15(16-6-8-18(9-7-16)25(30)31-2)29-24-23-17(12-13-28-24)4-3-5-22(23)32-21-11-10-19(26)14-20(21)27/h3-15H,1-2H3,(H,28,29)/t15-/m0/s1. The lowest BCUT2D eigenvalue weighted by molar-refractivity contribution is 0.0600. The number of carbonyl (C=O) groups excluding carboxylic acids is 1. The predicted molar refractivity (Wildman–Crippen MR) is 118 cm³/mol. The molecule has 1 N–H and O–H groups in total. The molecule has 0 spiro atoms. The van der Waals surface area contributed by atoms with Crippen LogP contribution in [0.15, 0.2) is 72.9 Å². The number of methoxy groups -OCH3 is 1. The SMILES string of the molecule is COC(=O)c1ccc([C@H](C)Nc2nccc3cccc(Oc4ccc(F)cc4F)c23)cc1. The van der Waals surface area contributed by atoms with Crippen molar-refractivity contribution in [3.8, 4) is 11.5 Å². The summed E-state index contributed by atoms with van der Waals surface area (Å²) in [6.45, 7) is 1.96. The average Bonchev–Trinajstić information content (AvgIpc) is 2.80. The van der Waals surface area contributed by atoms with Gasteiger partial charge in [-0.15, -0.1) is 0 Å². The third-order valence-corrected chi connectivity index (χ3v) is 5.05. The maximum absolute atomic E-state index is 14.2. The summed E-state index contributed by atoms with van der Waals surface area (Å²) in [6, 6.07) is 17.3. The zero-order valence-electron chi connectivity index (χ0n) is 17.4. The van der Waals surface area contributed by atoms with Crippen LogP contribution in [0.3, 0.4) is 0 Å². The number of hydrogen-bond donors (Lipinski definition) is 1. The van der Waals surface area contributed by atoms with Crippen LogP contribution in [0.5, 0.6) is 11.5 Å². The highest BCUT2D eigenvalue weighted by molar-refractivity contribution is 5.97. The minimum atomic E-state index is -0.792. The third kappa shape index (κ3) is 4.37. The number of pyridine rings is 1. The molecule has 7 heteroatoms. The van der Waals surface area contributed by atoms with Crippen LogP contribution in [-0.4, -0.2) is 18.1 Å². The molecule has 0 unspecified atom stereocenters. The van der Waals surface area contributed by atoms with Crippen molar-refractivity contribution < 1.29 is 23.0 Å². The van der Waals surface area contributed by atoms with Crippen molar-refractivity contribution in [1.82, 2.24) is 4.98 Å². The number of aromatic nitrogens is 1. The first-order valence-corrected chi connectivity index (χ1v) is 9.91. The number of carbonyl (C=O) groups is 1. The van der Waals surface area contributed by atoms with E-state index in [2.05, 4.69) is 10.3 Å². The van der Waals surface area contributed by atoms with Crippen LogP contribution in [0.2, 0.25) is 0 Å². The minimum absolute atomic E-state index is 0.0832. The van der Waals surface area contributed by atoms with Gasteiger partial charge in [0.1, 0.15) is 17.4 Å². The predicted octanol–water partition coefficient (Wildman–Crippen LogP) is 6.27. The highest BCUT2D eigenvalue weighted by Crippen LogP contribution is 2.36. The number of hydrogen-bond acceptors (Lipinski definition) is 5. The largest absolute Gasteiger partial charge is 0.465 e. The third-order valence-electron chi connectivity index (χ3n) is 5.05. The molecule has 162 valence electrons. The van der Waals surface area contributed by atoms with Crippen LogP contribution in [0.25, 0.3) is 10.8 Å². The molecule has 0 aliphatic heterocycles. The van der Waals surface area contributed by atoms with E-state index in [1.165, 1.54) is 13.2 Å².